The third-order valence-electron chi connectivity index (χ3n) is 6.61. The number of carbonyl (C=O) groups excluding carboxylic acids is 1. The average Bonchev–Trinajstić information content (AvgIpc) is 3.20. The van der Waals surface area contributed by atoms with E-state index in [-0.39, 0.29) is 11.7 Å². The van der Waals surface area contributed by atoms with Gasteiger partial charge in [-0.25, -0.2) is 9.20 Å². The predicted octanol–water partition coefficient (Wildman–Crippen LogP) is 3.88. The van der Waals surface area contributed by atoms with E-state index in [0.29, 0.717) is 17.9 Å². The maximum Gasteiger partial charge on any atom is 0.167 e. The molecule has 0 amide bonds. The first kappa shape index (κ1) is 18.0. The van der Waals surface area contributed by atoms with Crippen LogP contribution >= 0.6 is 0 Å². The summed E-state index contributed by atoms with van der Waals surface area (Å²) in [4.78, 5) is 13.3. The Hall–Kier alpha value is -3.01. The van der Waals surface area contributed by atoms with E-state index >= 15 is 0 Å². The first-order valence-corrected chi connectivity index (χ1v) is 10.5. The summed E-state index contributed by atoms with van der Waals surface area (Å²) in [7, 11) is 0. The summed E-state index contributed by atoms with van der Waals surface area (Å²) in [6.45, 7) is 0. The Morgan fingerprint density at radius 1 is 1.28 bits per heavy atom. The lowest BCUT2D eigenvalue weighted by atomic mass is 9.76. The fourth-order valence-electron chi connectivity index (χ4n) is 4.67. The molecule has 0 aliphatic heterocycles. The number of fused-ring (bicyclic) bond motifs is 1. The van der Waals surface area contributed by atoms with Gasteiger partial charge in [0.1, 0.15) is 0 Å². The summed E-state index contributed by atoms with van der Waals surface area (Å²) >= 11 is 0. The Bertz CT molecular complexity index is 1080. The average molecular weight is 388 g/mol. The molecule has 2 aliphatic carbocycles. The molecule has 5 rings (SSSR count). The van der Waals surface area contributed by atoms with Crippen molar-refractivity contribution in [3.05, 3.63) is 48.0 Å². The normalized spacial score (nSPS) is 19.7. The van der Waals surface area contributed by atoms with Crippen LogP contribution in [-0.4, -0.2) is 30.4 Å². The van der Waals surface area contributed by atoms with E-state index < -0.39 is 5.54 Å². The van der Waals surface area contributed by atoms with Crippen LogP contribution in [0.3, 0.4) is 0 Å². The molecule has 3 aromatic rings. The van der Waals surface area contributed by atoms with Crippen molar-refractivity contribution in [2.24, 2.45) is 5.92 Å². The molecule has 29 heavy (non-hydrogen) atoms. The summed E-state index contributed by atoms with van der Waals surface area (Å²) in [6.07, 6.45) is 13.4. The van der Waals surface area contributed by atoms with Crippen molar-refractivity contribution in [3.63, 3.8) is 0 Å². The van der Waals surface area contributed by atoms with Gasteiger partial charge in [0.25, 0.3) is 0 Å². The lowest BCUT2D eigenvalue weighted by Crippen LogP contribution is -2.20. The third-order valence-corrected chi connectivity index (χ3v) is 6.61. The second-order valence-electron chi connectivity index (χ2n) is 8.45. The smallest absolute Gasteiger partial charge is 0.167 e. The summed E-state index contributed by atoms with van der Waals surface area (Å²) in [5, 5.41) is 22.5. The maximum absolute atomic E-state index is 13.3. The Kier molecular flexibility index (Phi) is 4.42. The Labute approximate surface area is 169 Å². The lowest BCUT2D eigenvalue weighted by molar-refractivity contribution is 0.0958. The van der Waals surface area contributed by atoms with Gasteiger partial charge >= 0.3 is 0 Å². The molecule has 7 nitrogen and oxygen atoms in total. The van der Waals surface area contributed by atoms with Gasteiger partial charge in [0.2, 0.25) is 0 Å². The minimum Gasteiger partial charge on any atom is -0.294 e. The number of rotatable bonds is 6. The second-order valence-corrected chi connectivity index (χ2v) is 8.45. The maximum atomic E-state index is 13.3. The number of ketones is 1. The molecular formula is C22H24N6O. The van der Waals surface area contributed by atoms with E-state index in [1.807, 2.05) is 30.6 Å². The first-order valence-electron chi connectivity index (χ1n) is 10.5. The molecule has 2 aliphatic rings. The van der Waals surface area contributed by atoms with Crippen LogP contribution in [0.15, 0.2) is 36.8 Å². The van der Waals surface area contributed by atoms with Gasteiger partial charge in [-0.2, -0.15) is 10.4 Å². The van der Waals surface area contributed by atoms with E-state index in [0.717, 1.165) is 36.9 Å². The molecule has 0 spiro atoms. The highest BCUT2D eigenvalue weighted by Crippen LogP contribution is 2.43. The van der Waals surface area contributed by atoms with Crippen LogP contribution in [0.2, 0.25) is 0 Å². The Balaban J connectivity index is 1.45. The van der Waals surface area contributed by atoms with Gasteiger partial charge in [-0.3, -0.25) is 4.79 Å². The van der Waals surface area contributed by atoms with Crippen molar-refractivity contribution < 1.29 is 4.79 Å². The number of aromatic nitrogens is 5. The summed E-state index contributed by atoms with van der Waals surface area (Å²) < 4.78 is 3.46. The molecule has 3 aromatic heterocycles. The van der Waals surface area contributed by atoms with Crippen molar-refractivity contribution in [3.8, 4) is 6.07 Å². The van der Waals surface area contributed by atoms with Gasteiger partial charge in [0.15, 0.2) is 11.3 Å². The molecule has 0 N–H and O–H groups in total. The fraction of sp³-hybridized carbons (Fsp3) is 0.500. The lowest BCUT2D eigenvalue weighted by Gasteiger charge is -2.28. The Morgan fingerprint density at radius 3 is 2.86 bits per heavy atom. The number of nitriles is 1. The zero-order chi connectivity index (χ0) is 19.8. The van der Waals surface area contributed by atoms with Crippen molar-refractivity contribution >= 4 is 11.3 Å². The number of Topliss-reactive ketones (excluding diaryl/α,β-unsaturated/α-hetero) is 1. The molecule has 3 heterocycles. The molecular weight excluding hydrogens is 364 g/mol. The predicted molar refractivity (Wildman–Crippen MR) is 106 cm³/mol. The van der Waals surface area contributed by atoms with Gasteiger partial charge in [-0.15, -0.1) is 5.10 Å². The van der Waals surface area contributed by atoms with Gasteiger partial charge < -0.3 is 0 Å². The van der Waals surface area contributed by atoms with Crippen molar-refractivity contribution in [1.29, 1.82) is 5.26 Å². The molecule has 0 saturated heterocycles. The third kappa shape index (κ3) is 3.23. The SMILES string of the molecule is N#CC1(n2cc([C@@H](CC(=O)c3cnn4ccccc34)C3CCCCC3)nn2)CC1. The van der Waals surface area contributed by atoms with Crippen LogP contribution in [0.1, 0.15) is 73.3 Å². The molecule has 148 valence electrons. The molecule has 0 unspecified atom stereocenters. The highest BCUT2D eigenvalue weighted by Gasteiger charge is 2.47. The standard InChI is InChI=1S/C22H24N6O/c23-15-22(9-10-22)28-14-19(25-26-28)17(16-6-2-1-3-7-16)12-21(29)18-13-24-27-11-5-4-8-20(18)27/h4-5,8,11,13-14,16-17H,1-3,6-7,9-10,12H2/t17-/m0/s1. The summed E-state index contributed by atoms with van der Waals surface area (Å²) in [6, 6.07) is 8.12. The van der Waals surface area contributed by atoms with Crippen molar-refractivity contribution in [2.75, 3.05) is 0 Å². The van der Waals surface area contributed by atoms with Gasteiger partial charge in [-0.1, -0.05) is 30.5 Å². The van der Waals surface area contributed by atoms with E-state index in [4.69, 9.17) is 0 Å². The van der Waals surface area contributed by atoms with Crippen LogP contribution in [-0.2, 0) is 5.54 Å². The number of nitrogens with zero attached hydrogens (tertiary/aromatic N) is 6. The van der Waals surface area contributed by atoms with E-state index in [1.165, 1.54) is 19.3 Å². The quantitative estimate of drug-likeness (QED) is 0.598. The zero-order valence-electron chi connectivity index (χ0n) is 16.4. The molecule has 2 saturated carbocycles. The Morgan fingerprint density at radius 2 is 2.10 bits per heavy atom. The monoisotopic (exact) mass is 388 g/mol. The summed E-state index contributed by atoms with van der Waals surface area (Å²) in [5.41, 5.74) is 1.83. The van der Waals surface area contributed by atoms with E-state index in [1.54, 1.807) is 15.4 Å². The van der Waals surface area contributed by atoms with Crippen LogP contribution in [0.4, 0.5) is 0 Å². The highest BCUT2D eigenvalue weighted by molar-refractivity contribution is 6.02. The number of hydrogen-bond acceptors (Lipinski definition) is 5. The fourth-order valence-corrected chi connectivity index (χ4v) is 4.67. The molecule has 1 atom stereocenters. The number of pyridine rings is 1. The van der Waals surface area contributed by atoms with Crippen molar-refractivity contribution in [1.82, 2.24) is 24.6 Å². The van der Waals surface area contributed by atoms with Gasteiger partial charge in [0.05, 0.1) is 35.2 Å². The van der Waals surface area contributed by atoms with Crippen LogP contribution in [0.25, 0.3) is 5.52 Å². The van der Waals surface area contributed by atoms with Crippen LogP contribution < -0.4 is 0 Å². The van der Waals surface area contributed by atoms with Gasteiger partial charge in [0, 0.05) is 18.5 Å². The zero-order valence-corrected chi connectivity index (χ0v) is 16.4. The molecule has 2 fully saturated rings. The topological polar surface area (TPSA) is 88.9 Å². The van der Waals surface area contributed by atoms with Crippen molar-refractivity contribution in [2.45, 2.75) is 62.8 Å². The number of hydrogen-bond donors (Lipinski definition) is 0. The molecule has 0 bridgehead atoms. The van der Waals surface area contributed by atoms with Crippen LogP contribution in [0.5, 0.6) is 0 Å². The minimum atomic E-state index is -0.519. The van der Waals surface area contributed by atoms with E-state index in [9.17, 15) is 10.1 Å². The largest absolute Gasteiger partial charge is 0.294 e. The van der Waals surface area contributed by atoms with E-state index in [2.05, 4.69) is 21.5 Å². The van der Waals surface area contributed by atoms with Crippen LogP contribution in [0, 0.1) is 17.2 Å². The molecule has 0 aromatic carbocycles. The first-order chi connectivity index (χ1) is 14.2. The second kappa shape index (κ2) is 7.11. The summed E-state index contributed by atoms with van der Waals surface area (Å²) in [5.74, 6) is 0.555. The minimum absolute atomic E-state index is 0.0321. The molecule has 7 heteroatoms. The number of carbonyl (C=O) groups is 1. The highest BCUT2D eigenvalue weighted by atomic mass is 16.1. The molecule has 0 radical (unpaired) electrons. The van der Waals surface area contributed by atoms with Gasteiger partial charge in [-0.05, 0) is 43.7 Å².